The van der Waals surface area contributed by atoms with Crippen LogP contribution in [0.3, 0.4) is 0 Å². The molecule has 15 heavy (non-hydrogen) atoms. The van der Waals surface area contributed by atoms with Gasteiger partial charge in [-0.3, -0.25) is 0 Å². The summed E-state index contributed by atoms with van der Waals surface area (Å²) >= 11 is 0. The van der Waals surface area contributed by atoms with Crippen molar-refractivity contribution in [1.29, 1.82) is 0 Å². The molecule has 1 aliphatic rings. The molecule has 1 rings (SSSR count). The largest absolute Gasteiger partial charge is 0.329 e. The smallest absolute Gasteiger partial charge is 0.215 e. The maximum absolute atomic E-state index is 11.9. The standard InChI is InChI=1S/C10H22N2O2S/c1-3-10(7-11)15(13,14)12-8(2)9-5-4-6-9/h8-10,12H,3-7,11H2,1-2H3. The topological polar surface area (TPSA) is 72.2 Å². The molecule has 5 heteroatoms. The number of nitrogens with one attached hydrogen (secondary N) is 1. The Hall–Kier alpha value is -0.130. The second-order valence-electron chi connectivity index (χ2n) is 4.41. The molecule has 0 aromatic rings. The molecular formula is C10H22N2O2S. The van der Waals surface area contributed by atoms with Gasteiger partial charge in [0.05, 0.1) is 5.25 Å². The van der Waals surface area contributed by atoms with E-state index in [1.807, 2.05) is 13.8 Å². The summed E-state index contributed by atoms with van der Waals surface area (Å²) in [4.78, 5) is 0. The Morgan fingerprint density at radius 3 is 2.40 bits per heavy atom. The van der Waals surface area contributed by atoms with E-state index in [-0.39, 0.29) is 12.6 Å². The first-order chi connectivity index (χ1) is 7.01. The molecule has 0 spiro atoms. The third-order valence-corrected chi connectivity index (χ3v) is 5.47. The van der Waals surface area contributed by atoms with E-state index in [0.29, 0.717) is 12.3 Å². The fourth-order valence-electron chi connectivity index (χ4n) is 1.90. The molecule has 0 aliphatic heterocycles. The van der Waals surface area contributed by atoms with E-state index in [1.165, 1.54) is 6.42 Å². The van der Waals surface area contributed by atoms with Gasteiger partial charge in [0.25, 0.3) is 0 Å². The molecule has 1 fully saturated rings. The molecule has 1 saturated carbocycles. The summed E-state index contributed by atoms with van der Waals surface area (Å²) in [7, 11) is -3.22. The summed E-state index contributed by atoms with van der Waals surface area (Å²) in [5.41, 5.74) is 5.45. The van der Waals surface area contributed by atoms with Crippen LogP contribution in [0.1, 0.15) is 39.5 Å². The van der Waals surface area contributed by atoms with Gasteiger partial charge in [-0.25, -0.2) is 13.1 Å². The predicted molar refractivity (Wildman–Crippen MR) is 62.0 cm³/mol. The molecule has 0 saturated heterocycles. The lowest BCUT2D eigenvalue weighted by Gasteiger charge is -2.32. The first-order valence-electron chi connectivity index (χ1n) is 5.72. The van der Waals surface area contributed by atoms with Crippen molar-refractivity contribution >= 4 is 10.0 Å². The van der Waals surface area contributed by atoms with Crippen LogP contribution in [0.25, 0.3) is 0 Å². The van der Waals surface area contributed by atoms with Gasteiger partial charge in [-0.15, -0.1) is 0 Å². The summed E-state index contributed by atoms with van der Waals surface area (Å²) in [6.07, 6.45) is 4.08. The Balaban J connectivity index is 2.54. The van der Waals surface area contributed by atoms with E-state index in [0.717, 1.165) is 12.8 Å². The normalized spacial score (nSPS) is 22.1. The van der Waals surface area contributed by atoms with Crippen molar-refractivity contribution in [1.82, 2.24) is 4.72 Å². The Kier molecular flexibility index (Phi) is 4.55. The zero-order valence-electron chi connectivity index (χ0n) is 9.57. The van der Waals surface area contributed by atoms with Crippen molar-refractivity contribution < 1.29 is 8.42 Å². The summed E-state index contributed by atoms with van der Waals surface area (Å²) < 4.78 is 26.5. The lowest BCUT2D eigenvalue weighted by Crippen LogP contribution is -2.46. The highest BCUT2D eigenvalue weighted by molar-refractivity contribution is 7.90. The second kappa shape index (κ2) is 5.27. The zero-order chi connectivity index (χ0) is 11.5. The molecule has 0 aromatic carbocycles. The van der Waals surface area contributed by atoms with Gasteiger partial charge in [0, 0.05) is 12.6 Å². The first kappa shape index (κ1) is 12.9. The van der Waals surface area contributed by atoms with Crippen molar-refractivity contribution in [3.63, 3.8) is 0 Å². The Bertz CT molecular complexity index is 282. The van der Waals surface area contributed by atoms with Crippen molar-refractivity contribution in [2.75, 3.05) is 6.54 Å². The van der Waals surface area contributed by atoms with Crippen LogP contribution in [0, 0.1) is 5.92 Å². The van der Waals surface area contributed by atoms with Gasteiger partial charge in [-0.1, -0.05) is 13.3 Å². The molecule has 2 unspecified atom stereocenters. The third-order valence-electron chi connectivity index (χ3n) is 3.36. The average Bonchev–Trinajstić information content (AvgIpc) is 2.00. The van der Waals surface area contributed by atoms with Gasteiger partial charge in [-0.2, -0.15) is 0 Å². The van der Waals surface area contributed by atoms with E-state index in [2.05, 4.69) is 4.72 Å². The quantitative estimate of drug-likeness (QED) is 0.715. The number of sulfonamides is 1. The number of hydrogen-bond acceptors (Lipinski definition) is 3. The van der Waals surface area contributed by atoms with Crippen LogP contribution in [0.15, 0.2) is 0 Å². The highest BCUT2D eigenvalue weighted by atomic mass is 32.2. The van der Waals surface area contributed by atoms with Gasteiger partial charge in [0.1, 0.15) is 0 Å². The molecule has 0 heterocycles. The Labute approximate surface area is 92.7 Å². The van der Waals surface area contributed by atoms with Crippen LogP contribution in [0.4, 0.5) is 0 Å². The number of rotatable bonds is 6. The maximum Gasteiger partial charge on any atom is 0.215 e. The molecule has 0 aromatic heterocycles. The van der Waals surface area contributed by atoms with Crippen molar-refractivity contribution in [2.45, 2.75) is 50.8 Å². The molecule has 0 amide bonds. The lowest BCUT2D eigenvalue weighted by atomic mass is 9.81. The summed E-state index contributed by atoms with van der Waals surface area (Å²) in [5, 5.41) is -0.444. The van der Waals surface area contributed by atoms with Crippen LogP contribution in [-0.2, 0) is 10.0 Å². The van der Waals surface area contributed by atoms with Gasteiger partial charge in [-0.05, 0) is 32.1 Å². The number of nitrogens with two attached hydrogens (primary N) is 1. The SMILES string of the molecule is CCC(CN)S(=O)(=O)NC(C)C1CCC1. The number of hydrogen-bond donors (Lipinski definition) is 2. The molecule has 3 N–H and O–H groups in total. The van der Waals surface area contributed by atoms with Gasteiger partial charge < -0.3 is 5.73 Å². The van der Waals surface area contributed by atoms with E-state index in [1.54, 1.807) is 0 Å². The molecule has 0 bridgehead atoms. The van der Waals surface area contributed by atoms with Gasteiger partial charge >= 0.3 is 0 Å². The molecule has 2 atom stereocenters. The van der Waals surface area contributed by atoms with E-state index in [9.17, 15) is 8.42 Å². The highest BCUT2D eigenvalue weighted by Crippen LogP contribution is 2.29. The van der Waals surface area contributed by atoms with Crippen LogP contribution in [0.5, 0.6) is 0 Å². The highest BCUT2D eigenvalue weighted by Gasteiger charge is 2.30. The second-order valence-corrected chi connectivity index (χ2v) is 6.40. The van der Waals surface area contributed by atoms with Crippen LogP contribution in [-0.4, -0.2) is 26.3 Å². The third kappa shape index (κ3) is 3.16. The van der Waals surface area contributed by atoms with E-state index < -0.39 is 15.3 Å². The molecule has 1 aliphatic carbocycles. The minimum atomic E-state index is -3.22. The fraction of sp³-hybridized carbons (Fsp3) is 1.00. The van der Waals surface area contributed by atoms with Crippen molar-refractivity contribution in [2.24, 2.45) is 11.7 Å². The molecule has 4 nitrogen and oxygen atoms in total. The Morgan fingerprint density at radius 2 is 2.07 bits per heavy atom. The average molecular weight is 234 g/mol. The predicted octanol–water partition coefficient (Wildman–Crippen LogP) is 0.832. The summed E-state index contributed by atoms with van der Waals surface area (Å²) in [5.74, 6) is 0.523. The maximum atomic E-state index is 11.9. The molecule has 90 valence electrons. The fourth-order valence-corrected chi connectivity index (χ4v) is 3.50. The van der Waals surface area contributed by atoms with Crippen molar-refractivity contribution in [3.8, 4) is 0 Å². The van der Waals surface area contributed by atoms with E-state index in [4.69, 9.17) is 5.73 Å². The van der Waals surface area contributed by atoms with Crippen molar-refractivity contribution in [3.05, 3.63) is 0 Å². The minimum Gasteiger partial charge on any atom is -0.329 e. The Morgan fingerprint density at radius 1 is 1.47 bits per heavy atom. The van der Waals surface area contributed by atoms with E-state index >= 15 is 0 Å². The minimum absolute atomic E-state index is 0.0596. The van der Waals surface area contributed by atoms with Gasteiger partial charge in [0.2, 0.25) is 10.0 Å². The van der Waals surface area contributed by atoms with Crippen LogP contribution >= 0.6 is 0 Å². The molecular weight excluding hydrogens is 212 g/mol. The summed E-state index contributed by atoms with van der Waals surface area (Å²) in [6.45, 7) is 4.00. The lowest BCUT2D eigenvalue weighted by molar-refractivity contribution is 0.260. The van der Waals surface area contributed by atoms with Crippen LogP contribution < -0.4 is 10.5 Å². The zero-order valence-corrected chi connectivity index (χ0v) is 10.4. The first-order valence-corrected chi connectivity index (χ1v) is 7.27. The molecule has 0 radical (unpaired) electrons. The van der Waals surface area contributed by atoms with Crippen LogP contribution in [0.2, 0.25) is 0 Å². The monoisotopic (exact) mass is 234 g/mol. The summed E-state index contributed by atoms with van der Waals surface area (Å²) in [6, 6.07) is 0.0596. The van der Waals surface area contributed by atoms with Gasteiger partial charge in [0.15, 0.2) is 0 Å².